The topological polar surface area (TPSA) is 60.9 Å². The molecule has 1 heterocycles. The van der Waals surface area contributed by atoms with E-state index in [0.29, 0.717) is 13.1 Å². The summed E-state index contributed by atoms with van der Waals surface area (Å²) in [6, 6.07) is -0.121. The van der Waals surface area contributed by atoms with Gasteiger partial charge in [0.25, 0.3) is 0 Å². The average molecular weight is 242 g/mol. The second-order valence-corrected chi connectivity index (χ2v) is 4.45. The second-order valence-electron chi connectivity index (χ2n) is 4.45. The molecular formula is C12H22N2O3. The predicted octanol–water partition coefficient (Wildman–Crippen LogP) is 1.78. The molecule has 1 unspecified atom stereocenters. The number of nitrogens with zero attached hydrogens (tertiary/aromatic N) is 2. The first-order valence-corrected chi connectivity index (χ1v) is 6.37. The van der Waals surface area contributed by atoms with E-state index in [9.17, 15) is 9.59 Å². The molecule has 98 valence electrons. The van der Waals surface area contributed by atoms with E-state index in [2.05, 4.69) is 0 Å². The van der Waals surface area contributed by atoms with Gasteiger partial charge in [-0.3, -0.25) is 4.79 Å². The van der Waals surface area contributed by atoms with E-state index in [0.717, 1.165) is 25.8 Å². The Kier molecular flexibility index (Phi) is 5.25. The first kappa shape index (κ1) is 13.8. The van der Waals surface area contributed by atoms with Crippen LogP contribution in [-0.4, -0.2) is 52.6 Å². The first-order chi connectivity index (χ1) is 8.10. The van der Waals surface area contributed by atoms with Gasteiger partial charge in [0.15, 0.2) is 0 Å². The quantitative estimate of drug-likeness (QED) is 0.799. The van der Waals surface area contributed by atoms with Gasteiger partial charge in [-0.25, -0.2) is 4.79 Å². The summed E-state index contributed by atoms with van der Waals surface area (Å²) in [5.41, 5.74) is 0. The summed E-state index contributed by atoms with van der Waals surface area (Å²) < 4.78 is 0. The summed E-state index contributed by atoms with van der Waals surface area (Å²) in [5.74, 6) is -0.826. The first-order valence-electron chi connectivity index (χ1n) is 6.37. The van der Waals surface area contributed by atoms with Crippen molar-refractivity contribution in [2.45, 2.75) is 45.6 Å². The standard InChI is InChI=1S/C12H22N2O3/c1-3-7-13(4-2)12(17)14-8-5-6-10(14)9-11(15)16/h10H,3-9H2,1-2H3,(H,15,16). The fourth-order valence-electron chi connectivity index (χ4n) is 2.34. The van der Waals surface area contributed by atoms with Crippen LogP contribution in [0, 0.1) is 0 Å². The summed E-state index contributed by atoms with van der Waals surface area (Å²) in [5, 5.41) is 8.82. The number of carbonyl (C=O) groups is 2. The van der Waals surface area contributed by atoms with Gasteiger partial charge in [-0.05, 0) is 26.2 Å². The molecule has 0 aliphatic carbocycles. The van der Waals surface area contributed by atoms with E-state index >= 15 is 0 Å². The Bertz CT molecular complexity index is 281. The molecule has 0 aromatic heterocycles. The van der Waals surface area contributed by atoms with Crippen LogP contribution in [0.25, 0.3) is 0 Å². The number of rotatable bonds is 5. The number of amides is 2. The van der Waals surface area contributed by atoms with Gasteiger partial charge in [0, 0.05) is 25.7 Å². The van der Waals surface area contributed by atoms with Crippen LogP contribution in [0.4, 0.5) is 4.79 Å². The number of carbonyl (C=O) groups excluding carboxylic acids is 1. The van der Waals surface area contributed by atoms with E-state index in [1.807, 2.05) is 13.8 Å². The van der Waals surface area contributed by atoms with E-state index in [1.54, 1.807) is 9.80 Å². The Morgan fingerprint density at radius 2 is 2.12 bits per heavy atom. The average Bonchev–Trinajstić information content (AvgIpc) is 2.72. The van der Waals surface area contributed by atoms with Crippen LogP contribution in [0.2, 0.25) is 0 Å². The highest BCUT2D eigenvalue weighted by Gasteiger charge is 2.32. The van der Waals surface area contributed by atoms with E-state index in [-0.39, 0.29) is 18.5 Å². The smallest absolute Gasteiger partial charge is 0.320 e. The summed E-state index contributed by atoms with van der Waals surface area (Å²) >= 11 is 0. The highest BCUT2D eigenvalue weighted by molar-refractivity contribution is 5.76. The molecule has 0 bridgehead atoms. The molecule has 1 aliphatic heterocycles. The van der Waals surface area contributed by atoms with Crippen LogP contribution in [0.15, 0.2) is 0 Å². The molecule has 5 heteroatoms. The summed E-state index contributed by atoms with van der Waals surface area (Å²) in [7, 11) is 0. The van der Waals surface area contributed by atoms with Crippen molar-refractivity contribution in [2.75, 3.05) is 19.6 Å². The fraction of sp³-hybridized carbons (Fsp3) is 0.833. The molecule has 0 spiro atoms. The third-order valence-corrected chi connectivity index (χ3v) is 3.18. The minimum absolute atomic E-state index is 0.00176. The number of urea groups is 1. The summed E-state index contributed by atoms with van der Waals surface area (Å²) in [4.78, 5) is 26.5. The van der Waals surface area contributed by atoms with Crippen LogP contribution in [-0.2, 0) is 4.79 Å². The van der Waals surface area contributed by atoms with E-state index in [4.69, 9.17) is 5.11 Å². The Labute approximate surface area is 102 Å². The fourth-order valence-corrected chi connectivity index (χ4v) is 2.34. The van der Waals surface area contributed by atoms with E-state index < -0.39 is 5.97 Å². The maximum atomic E-state index is 12.2. The Morgan fingerprint density at radius 1 is 1.41 bits per heavy atom. The highest BCUT2D eigenvalue weighted by atomic mass is 16.4. The zero-order valence-electron chi connectivity index (χ0n) is 10.7. The van der Waals surface area contributed by atoms with Crippen molar-refractivity contribution in [3.05, 3.63) is 0 Å². The zero-order valence-corrected chi connectivity index (χ0v) is 10.7. The van der Waals surface area contributed by atoms with Crippen molar-refractivity contribution in [3.8, 4) is 0 Å². The number of likely N-dealkylation sites (tertiary alicyclic amines) is 1. The molecular weight excluding hydrogens is 220 g/mol. The van der Waals surface area contributed by atoms with Crippen molar-refractivity contribution in [1.82, 2.24) is 9.80 Å². The molecule has 0 saturated carbocycles. The minimum Gasteiger partial charge on any atom is -0.481 e. The maximum Gasteiger partial charge on any atom is 0.320 e. The molecule has 1 rings (SSSR count). The number of carboxylic acid groups (broad SMARTS) is 1. The van der Waals surface area contributed by atoms with Crippen molar-refractivity contribution < 1.29 is 14.7 Å². The Hall–Kier alpha value is -1.26. The normalized spacial score (nSPS) is 19.4. The SMILES string of the molecule is CCCN(CC)C(=O)N1CCCC1CC(=O)O. The van der Waals surface area contributed by atoms with Gasteiger partial charge in [0.1, 0.15) is 0 Å². The lowest BCUT2D eigenvalue weighted by molar-refractivity contribution is -0.138. The van der Waals surface area contributed by atoms with Crippen LogP contribution in [0.3, 0.4) is 0 Å². The molecule has 0 aromatic carbocycles. The lowest BCUT2D eigenvalue weighted by Gasteiger charge is -2.30. The molecule has 5 nitrogen and oxygen atoms in total. The van der Waals surface area contributed by atoms with Crippen molar-refractivity contribution >= 4 is 12.0 Å². The second kappa shape index (κ2) is 6.47. The molecule has 1 atom stereocenters. The van der Waals surface area contributed by atoms with Gasteiger partial charge in [0.05, 0.1) is 6.42 Å². The minimum atomic E-state index is -0.826. The van der Waals surface area contributed by atoms with Gasteiger partial charge in [-0.1, -0.05) is 6.92 Å². The molecule has 1 fully saturated rings. The third kappa shape index (κ3) is 3.61. The number of aliphatic carboxylic acids is 1. The Balaban J connectivity index is 2.62. The van der Waals surface area contributed by atoms with Gasteiger partial charge in [-0.2, -0.15) is 0 Å². The molecule has 1 saturated heterocycles. The van der Waals surface area contributed by atoms with Crippen molar-refractivity contribution in [2.24, 2.45) is 0 Å². The molecule has 17 heavy (non-hydrogen) atoms. The van der Waals surface area contributed by atoms with Crippen LogP contribution in [0.5, 0.6) is 0 Å². The molecule has 1 aliphatic rings. The largest absolute Gasteiger partial charge is 0.481 e. The van der Waals surface area contributed by atoms with Crippen LogP contribution >= 0.6 is 0 Å². The Morgan fingerprint density at radius 3 is 2.65 bits per heavy atom. The molecule has 0 aromatic rings. The summed E-state index contributed by atoms with van der Waals surface area (Å²) in [6.07, 6.45) is 2.71. The van der Waals surface area contributed by atoms with Gasteiger partial charge >= 0.3 is 12.0 Å². The lowest BCUT2D eigenvalue weighted by atomic mass is 10.1. The molecule has 1 N–H and O–H groups in total. The maximum absolute atomic E-state index is 12.2. The summed E-state index contributed by atoms with van der Waals surface area (Å²) in [6.45, 7) is 6.11. The molecule has 2 amide bonds. The number of hydrogen-bond acceptors (Lipinski definition) is 2. The highest BCUT2D eigenvalue weighted by Crippen LogP contribution is 2.21. The van der Waals surface area contributed by atoms with Crippen molar-refractivity contribution in [3.63, 3.8) is 0 Å². The van der Waals surface area contributed by atoms with Gasteiger partial charge < -0.3 is 14.9 Å². The monoisotopic (exact) mass is 242 g/mol. The van der Waals surface area contributed by atoms with Crippen molar-refractivity contribution in [1.29, 1.82) is 0 Å². The number of carboxylic acids is 1. The lowest BCUT2D eigenvalue weighted by Crippen LogP contribution is -2.46. The van der Waals surface area contributed by atoms with Crippen LogP contribution in [0.1, 0.15) is 39.5 Å². The van der Waals surface area contributed by atoms with Gasteiger partial charge in [-0.15, -0.1) is 0 Å². The van der Waals surface area contributed by atoms with E-state index in [1.165, 1.54) is 0 Å². The van der Waals surface area contributed by atoms with Gasteiger partial charge in [0.2, 0.25) is 0 Å². The van der Waals surface area contributed by atoms with Crippen LogP contribution < -0.4 is 0 Å². The number of hydrogen-bond donors (Lipinski definition) is 1. The molecule has 0 radical (unpaired) electrons. The predicted molar refractivity (Wildman–Crippen MR) is 64.9 cm³/mol. The zero-order chi connectivity index (χ0) is 12.8. The third-order valence-electron chi connectivity index (χ3n) is 3.18.